The number of fused-ring (bicyclic) bond motifs is 1. The zero-order valence-electron chi connectivity index (χ0n) is 10.8. The Kier molecular flexibility index (Phi) is 3.62. The largest absolute Gasteiger partial charge is 0.493 e. The van der Waals surface area contributed by atoms with Crippen LogP contribution in [0.2, 0.25) is 0 Å². The molecule has 2 aromatic rings. The number of ether oxygens (including phenoxy) is 3. The van der Waals surface area contributed by atoms with Crippen LogP contribution in [0.1, 0.15) is 0 Å². The lowest BCUT2D eigenvalue weighted by atomic mass is 10.2. The first-order chi connectivity index (χ1) is 8.76. The molecule has 0 aliphatic carbocycles. The summed E-state index contributed by atoms with van der Waals surface area (Å²) in [5.41, 5.74) is 0.943. The molecule has 98 valence electrons. The number of rotatable bonds is 5. The Morgan fingerprint density at radius 3 is 2.39 bits per heavy atom. The Labute approximate surface area is 105 Å². The van der Waals surface area contributed by atoms with Crippen molar-refractivity contribution in [1.29, 1.82) is 0 Å². The summed E-state index contributed by atoms with van der Waals surface area (Å²) in [5, 5.41) is 9.98. The van der Waals surface area contributed by atoms with Gasteiger partial charge >= 0.3 is 0 Å². The van der Waals surface area contributed by atoms with E-state index in [-0.39, 0.29) is 6.61 Å². The van der Waals surface area contributed by atoms with E-state index >= 15 is 0 Å². The van der Waals surface area contributed by atoms with E-state index in [2.05, 4.69) is 0 Å². The fraction of sp³-hybridized carbons (Fsp3) is 0.385. The zero-order chi connectivity index (χ0) is 13.1. The van der Waals surface area contributed by atoms with Crippen LogP contribution >= 0.6 is 0 Å². The second-order valence-electron chi connectivity index (χ2n) is 3.81. The van der Waals surface area contributed by atoms with Crippen molar-refractivity contribution in [3.8, 4) is 17.2 Å². The lowest BCUT2D eigenvalue weighted by Crippen LogP contribution is -2.01. The van der Waals surface area contributed by atoms with Crippen molar-refractivity contribution < 1.29 is 19.3 Å². The highest BCUT2D eigenvalue weighted by atomic mass is 16.5. The van der Waals surface area contributed by atoms with Crippen molar-refractivity contribution >= 4 is 10.9 Å². The minimum absolute atomic E-state index is 0.0838. The van der Waals surface area contributed by atoms with E-state index in [9.17, 15) is 0 Å². The maximum absolute atomic E-state index is 9.04. The summed E-state index contributed by atoms with van der Waals surface area (Å²) in [6.45, 7) is 0.614. The van der Waals surface area contributed by atoms with Crippen molar-refractivity contribution in [3.05, 3.63) is 18.3 Å². The topological polar surface area (TPSA) is 52.9 Å². The van der Waals surface area contributed by atoms with Crippen molar-refractivity contribution in [2.24, 2.45) is 0 Å². The van der Waals surface area contributed by atoms with Gasteiger partial charge in [-0.15, -0.1) is 0 Å². The van der Waals surface area contributed by atoms with Gasteiger partial charge in [0.25, 0.3) is 0 Å². The third-order valence-electron chi connectivity index (χ3n) is 2.92. The monoisotopic (exact) mass is 251 g/mol. The van der Waals surface area contributed by atoms with E-state index in [1.165, 1.54) is 0 Å². The van der Waals surface area contributed by atoms with Gasteiger partial charge < -0.3 is 23.9 Å². The molecule has 1 aromatic heterocycles. The molecule has 0 atom stereocenters. The second-order valence-corrected chi connectivity index (χ2v) is 3.81. The molecule has 0 aliphatic rings. The van der Waals surface area contributed by atoms with Crippen molar-refractivity contribution in [3.63, 3.8) is 0 Å². The van der Waals surface area contributed by atoms with E-state index in [1.807, 2.05) is 22.9 Å². The molecule has 5 nitrogen and oxygen atoms in total. The van der Waals surface area contributed by atoms with Crippen LogP contribution in [0.15, 0.2) is 18.3 Å². The molecule has 0 saturated carbocycles. The van der Waals surface area contributed by atoms with Crippen LogP contribution in [0, 0.1) is 0 Å². The Bertz CT molecular complexity index is 547. The third-order valence-corrected chi connectivity index (χ3v) is 2.92. The number of nitrogens with zero attached hydrogens (tertiary/aromatic N) is 1. The summed E-state index contributed by atoms with van der Waals surface area (Å²) in [5.74, 6) is 1.83. The minimum atomic E-state index is 0.0838. The van der Waals surface area contributed by atoms with E-state index in [0.29, 0.717) is 23.8 Å². The molecular weight excluding hydrogens is 234 g/mol. The van der Waals surface area contributed by atoms with Gasteiger partial charge in [0, 0.05) is 24.2 Å². The predicted octanol–water partition coefficient (Wildman–Crippen LogP) is 1.66. The first-order valence-corrected chi connectivity index (χ1v) is 5.65. The molecule has 0 unspecified atom stereocenters. The highest BCUT2D eigenvalue weighted by Crippen LogP contribution is 2.43. The van der Waals surface area contributed by atoms with Gasteiger partial charge in [-0.25, -0.2) is 0 Å². The van der Waals surface area contributed by atoms with Crippen molar-refractivity contribution in [1.82, 2.24) is 4.57 Å². The summed E-state index contributed by atoms with van der Waals surface area (Å²) in [7, 11) is 4.76. The second kappa shape index (κ2) is 5.18. The summed E-state index contributed by atoms with van der Waals surface area (Å²) >= 11 is 0. The van der Waals surface area contributed by atoms with Crippen LogP contribution in [0.3, 0.4) is 0 Å². The molecular formula is C13H17NO4. The summed E-state index contributed by atoms with van der Waals surface area (Å²) in [6, 6.07) is 3.82. The van der Waals surface area contributed by atoms with Gasteiger partial charge in [0.05, 0.1) is 33.5 Å². The van der Waals surface area contributed by atoms with Gasteiger partial charge in [-0.1, -0.05) is 0 Å². The first-order valence-electron chi connectivity index (χ1n) is 5.65. The number of benzene rings is 1. The molecule has 1 aromatic carbocycles. The van der Waals surface area contributed by atoms with Crippen LogP contribution < -0.4 is 14.2 Å². The Morgan fingerprint density at radius 2 is 1.83 bits per heavy atom. The molecule has 0 amide bonds. The van der Waals surface area contributed by atoms with Gasteiger partial charge in [-0.2, -0.15) is 0 Å². The quantitative estimate of drug-likeness (QED) is 0.878. The van der Waals surface area contributed by atoms with Crippen molar-refractivity contribution in [2.75, 3.05) is 27.9 Å². The Morgan fingerprint density at radius 1 is 1.11 bits per heavy atom. The Balaban J connectivity index is 2.72. The molecule has 0 spiro atoms. The molecule has 5 heteroatoms. The zero-order valence-corrected chi connectivity index (χ0v) is 10.8. The fourth-order valence-electron chi connectivity index (χ4n) is 2.11. The average molecular weight is 251 g/mol. The number of methoxy groups -OCH3 is 3. The van der Waals surface area contributed by atoms with Gasteiger partial charge in [-0.05, 0) is 6.07 Å². The predicted molar refractivity (Wildman–Crippen MR) is 68.7 cm³/mol. The molecule has 0 aliphatic heterocycles. The molecule has 1 N–H and O–H groups in total. The first kappa shape index (κ1) is 12.6. The number of aliphatic hydroxyl groups is 1. The third kappa shape index (κ3) is 1.86. The summed E-state index contributed by atoms with van der Waals surface area (Å²) in [6.07, 6.45) is 1.91. The molecule has 18 heavy (non-hydrogen) atoms. The maximum atomic E-state index is 9.04. The van der Waals surface area contributed by atoms with E-state index in [4.69, 9.17) is 19.3 Å². The molecule has 0 radical (unpaired) electrons. The van der Waals surface area contributed by atoms with E-state index in [0.717, 1.165) is 10.9 Å². The highest BCUT2D eigenvalue weighted by Gasteiger charge is 2.17. The summed E-state index contributed by atoms with van der Waals surface area (Å²) < 4.78 is 18.0. The molecule has 1 heterocycles. The standard InChI is InChI=1S/C13H17NO4/c1-16-11-8-10-9(4-5-14(10)6-7-15)12(17-2)13(11)18-3/h4-5,8,15H,6-7H2,1-3H3. The van der Waals surface area contributed by atoms with Crippen LogP contribution in [0.25, 0.3) is 10.9 Å². The van der Waals surface area contributed by atoms with Gasteiger partial charge in [0.1, 0.15) is 0 Å². The van der Waals surface area contributed by atoms with Gasteiger partial charge in [0.2, 0.25) is 5.75 Å². The fourth-order valence-corrected chi connectivity index (χ4v) is 2.11. The molecule has 0 bridgehead atoms. The number of aromatic nitrogens is 1. The number of aliphatic hydroxyl groups excluding tert-OH is 1. The Hall–Kier alpha value is -1.88. The average Bonchev–Trinajstić information content (AvgIpc) is 2.79. The molecule has 2 rings (SSSR count). The molecule has 0 fully saturated rings. The lowest BCUT2D eigenvalue weighted by Gasteiger charge is -2.14. The van der Waals surface area contributed by atoms with Crippen LogP contribution in [-0.2, 0) is 6.54 Å². The van der Waals surface area contributed by atoms with E-state index in [1.54, 1.807) is 21.3 Å². The van der Waals surface area contributed by atoms with Gasteiger partial charge in [-0.3, -0.25) is 0 Å². The SMILES string of the molecule is COc1cc2c(ccn2CCO)c(OC)c1OC. The van der Waals surface area contributed by atoms with E-state index < -0.39 is 0 Å². The normalized spacial score (nSPS) is 10.7. The van der Waals surface area contributed by atoms with Crippen LogP contribution in [-0.4, -0.2) is 37.6 Å². The van der Waals surface area contributed by atoms with Gasteiger partial charge in [0.15, 0.2) is 11.5 Å². The smallest absolute Gasteiger partial charge is 0.204 e. The van der Waals surface area contributed by atoms with Crippen molar-refractivity contribution in [2.45, 2.75) is 6.54 Å². The highest BCUT2D eigenvalue weighted by molar-refractivity contribution is 5.91. The lowest BCUT2D eigenvalue weighted by molar-refractivity contribution is 0.278. The maximum Gasteiger partial charge on any atom is 0.204 e. The van der Waals surface area contributed by atoms with Crippen LogP contribution in [0.4, 0.5) is 0 Å². The van der Waals surface area contributed by atoms with Crippen LogP contribution in [0.5, 0.6) is 17.2 Å². The minimum Gasteiger partial charge on any atom is -0.493 e. The number of hydrogen-bond acceptors (Lipinski definition) is 4. The number of hydrogen-bond donors (Lipinski definition) is 1. The molecule has 0 saturated heterocycles. The summed E-state index contributed by atoms with van der Waals surface area (Å²) in [4.78, 5) is 0.